The van der Waals surface area contributed by atoms with Gasteiger partial charge in [0.1, 0.15) is 32.6 Å². The van der Waals surface area contributed by atoms with Crippen LogP contribution in [0, 0.1) is 3.57 Å². The number of hydrogen-bond donors (Lipinski definition) is 2. The molecule has 0 unspecified atom stereocenters. The van der Waals surface area contributed by atoms with E-state index in [-0.39, 0.29) is 37.6 Å². The minimum atomic E-state index is -4.76. The van der Waals surface area contributed by atoms with E-state index in [4.69, 9.17) is 18.9 Å². The molecule has 0 radical (unpaired) electrons. The molecule has 0 aliphatic rings. The van der Waals surface area contributed by atoms with Gasteiger partial charge in [-0.1, -0.05) is 36.4 Å². The quantitative estimate of drug-likeness (QED) is 0.110. The first-order valence-electron chi connectivity index (χ1n) is 17.9. The Balaban J connectivity index is 1.64. The maximum Gasteiger partial charge on any atom is 0.407 e. The molecule has 310 valence electrons. The zero-order valence-electron chi connectivity index (χ0n) is 33.1. The van der Waals surface area contributed by atoms with Crippen LogP contribution in [0.15, 0.2) is 94.7 Å². The van der Waals surface area contributed by atoms with Crippen molar-refractivity contribution in [3.05, 3.63) is 105 Å². The van der Waals surface area contributed by atoms with Crippen LogP contribution in [0.2, 0.25) is 0 Å². The van der Waals surface area contributed by atoms with Crippen LogP contribution in [0.3, 0.4) is 0 Å². The van der Waals surface area contributed by atoms with Crippen molar-refractivity contribution in [2.45, 2.75) is 68.8 Å². The second-order valence-corrected chi connectivity index (χ2v) is 18.8. The van der Waals surface area contributed by atoms with Crippen molar-refractivity contribution in [1.29, 1.82) is 0 Å². The number of rotatable bonds is 17. The third-order valence-electron chi connectivity index (χ3n) is 8.46. The number of tetrazole rings is 1. The van der Waals surface area contributed by atoms with Gasteiger partial charge in [-0.05, 0) is 121 Å². The molecule has 58 heavy (non-hydrogen) atoms. The number of carbonyl (C=O) groups is 1. The molecule has 1 amide bonds. The number of amides is 1. The lowest BCUT2D eigenvalue weighted by molar-refractivity contribution is 0.0524. The largest absolute Gasteiger partial charge is 0.497 e. The number of carbonyl (C=O) groups excluding carboxylic acids is 1. The molecule has 16 nitrogen and oxygen atoms in total. The Morgan fingerprint density at radius 2 is 1.29 bits per heavy atom. The second-order valence-electron chi connectivity index (χ2n) is 14.1. The van der Waals surface area contributed by atoms with Crippen molar-refractivity contribution < 1.29 is 40.6 Å². The van der Waals surface area contributed by atoms with Crippen LogP contribution in [-0.4, -0.2) is 87.0 Å². The van der Waals surface area contributed by atoms with Crippen LogP contribution in [0.25, 0.3) is 11.4 Å². The van der Waals surface area contributed by atoms with Crippen LogP contribution in [0.5, 0.6) is 17.2 Å². The monoisotopic (exact) mass is 947 g/mol. The fourth-order valence-corrected chi connectivity index (χ4v) is 10.2. The molecule has 0 bridgehead atoms. The lowest BCUT2D eigenvalue weighted by Crippen LogP contribution is -2.43. The zero-order chi connectivity index (χ0) is 42.3. The van der Waals surface area contributed by atoms with Gasteiger partial charge in [0.05, 0.1) is 33.4 Å². The van der Waals surface area contributed by atoms with Crippen molar-refractivity contribution in [3.63, 3.8) is 0 Å². The average Bonchev–Trinajstić information content (AvgIpc) is 3.64. The molecule has 0 fully saturated rings. The molecule has 1 heterocycles. The molecule has 4 aromatic carbocycles. The van der Waals surface area contributed by atoms with Crippen molar-refractivity contribution >= 4 is 48.7 Å². The molecule has 19 heteroatoms. The zero-order valence-corrected chi connectivity index (χ0v) is 36.9. The molecule has 1 atom stereocenters. The van der Waals surface area contributed by atoms with E-state index in [9.17, 15) is 13.2 Å². The molecule has 5 rings (SSSR count). The van der Waals surface area contributed by atoms with Gasteiger partial charge in [0, 0.05) is 29.2 Å². The number of halogens is 1. The molecule has 0 spiro atoms. The van der Waals surface area contributed by atoms with E-state index in [1.807, 2.05) is 34.7 Å². The van der Waals surface area contributed by atoms with E-state index in [0.717, 1.165) is 5.56 Å². The number of aromatic nitrogens is 4. The van der Waals surface area contributed by atoms with Gasteiger partial charge in [-0.3, -0.25) is 0 Å². The lowest BCUT2D eigenvalue weighted by Gasteiger charge is -2.26. The van der Waals surface area contributed by atoms with Gasteiger partial charge in [0.25, 0.3) is 0 Å². The smallest absolute Gasteiger partial charge is 0.407 e. The number of hydrogen-bond acceptors (Lipinski definition) is 12. The third kappa shape index (κ3) is 11.4. The summed E-state index contributed by atoms with van der Waals surface area (Å²) < 4.78 is 84.9. The van der Waals surface area contributed by atoms with Crippen molar-refractivity contribution in [1.82, 2.24) is 34.6 Å². The first kappa shape index (κ1) is 44.3. The molecule has 0 saturated carbocycles. The minimum absolute atomic E-state index is 0.0570. The van der Waals surface area contributed by atoms with Crippen molar-refractivity contribution in [2.24, 2.45) is 0 Å². The van der Waals surface area contributed by atoms with Gasteiger partial charge in [-0.25, -0.2) is 26.4 Å². The highest BCUT2D eigenvalue weighted by Gasteiger charge is 2.38. The average molecular weight is 948 g/mol. The van der Waals surface area contributed by atoms with Gasteiger partial charge in [-0.2, -0.15) is 9.10 Å². The standard InChI is InChI=1S/C39H46IN7O9S2/c1-26(22-41-38(48)56-39(2,3)4)44-57(49,50)34-21-20-33(40)35(37-42-45-47(43-37)25-29-12-18-32(55-7)19-13-29)36(34)58(51,52)46(23-27-8-14-30(53-5)15-9-27)24-28-10-16-31(54-6)17-11-28/h8-21,26,44H,22-25H2,1-7H3,(H,41,48)/t26-/m1/s1. The number of nitrogens with zero attached hydrogens (tertiary/aromatic N) is 5. The summed E-state index contributed by atoms with van der Waals surface area (Å²) in [5.41, 5.74) is 1.20. The summed E-state index contributed by atoms with van der Waals surface area (Å²) in [7, 11) is -4.77. The van der Waals surface area contributed by atoms with Gasteiger partial charge in [0.2, 0.25) is 25.9 Å². The minimum Gasteiger partial charge on any atom is -0.497 e. The van der Waals surface area contributed by atoms with Crippen LogP contribution < -0.4 is 24.2 Å². The fourth-order valence-electron chi connectivity index (χ4n) is 5.66. The topological polar surface area (TPSA) is 193 Å². The van der Waals surface area contributed by atoms with Crippen LogP contribution >= 0.6 is 22.6 Å². The molecular formula is C39H46IN7O9S2. The van der Waals surface area contributed by atoms with Gasteiger partial charge >= 0.3 is 6.09 Å². The summed E-state index contributed by atoms with van der Waals surface area (Å²) in [5.74, 6) is 1.70. The Bertz CT molecular complexity index is 2360. The van der Waals surface area contributed by atoms with E-state index < -0.39 is 47.6 Å². The third-order valence-corrected chi connectivity index (χ3v) is 13.0. The molecular weight excluding hydrogens is 902 g/mol. The maximum absolute atomic E-state index is 15.4. The van der Waals surface area contributed by atoms with E-state index >= 15 is 8.42 Å². The van der Waals surface area contributed by atoms with Crippen molar-refractivity contribution in [3.8, 4) is 28.6 Å². The Hall–Kier alpha value is -4.83. The summed E-state index contributed by atoms with van der Waals surface area (Å²) in [5, 5.41) is 15.6. The summed E-state index contributed by atoms with van der Waals surface area (Å²) in [4.78, 5) is 12.6. The molecule has 0 aliphatic carbocycles. The highest BCUT2D eigenvalue weighted by atomic mass is 127. The van der Waals surface area contributed by atoms with Crippen LogP contribution in [0.1, 0.15) is 44.4 Å². The maximum atomic E-state index is 15.4. The lowest BCUT2D eigenvalue weighted by atomic mass is 10.2. The first-order valence-corrected chi connectivity index (χ1v) is 21.9. The second kappa shape index (κ2) is 18.8. The number of sulfonamides is 2. The fraction of sp³-hybridized carbons (Fsp3) is 0.333. The summed E-state index contributed by atoms with van der Waals surface area (Å²) in [6, 6.07) is 22.8. The van der Waals surface area contributed by atoms with Crippen molar-refractivity contribution in [2.75, 3.05) is 27.9 Å². The van der Waals surface area contributed by atoms with E-state index in [2.05, 4.69) is 25.4 Å². The highest BCUT2D eigenvalue weighted by molar-refractivity contribution is 14.1. The molecule has 0 saturated heterocycles. The number of benzene rings is 4. The number of alkyl carbamates (subject to hydrolysis) is 1. The van der Waals surface area contributed by atoms with Gasteiger partial charge in [-0.15, -0.1) is 10.2 Å². The Morgan fingerprint density at radius 3 is 1.78 bits per heavy atom. The normalized spacial score (nSPS) is 12.6. The van der Waals surface area contributed by atoms with E-state index in [0.29, 0.717) is 31.9 Å². The van der Waals surface area contributed by atoms with Gasteiger partial charge in [0.15, 0.2) is 0 Å². The van der Waals surface area contributed by atoms with Crippen LogP contribution in [-0.2, 0) is 44.4 Å². The van der Waals surface area contributed by atoms with E-state index in [1.165, 1.54) is 42.4 Å². The Labute approximate surface area is 352 Å². The Kier molecular flexibility index (Phi) is 14.4. The first-order chi connectivity index (χ1) is 27.4. The predicted octanol–water partition coefficient (Wildman–Crippen LogP) is 5.60. The number of nitrogens with one attached hydrogen (secondary N) is 2. The highest BCUT2D eigenvalue weighted by Crippen LogP contribution is 2.38. The SMILES string of the molecule is COc1ccc(CN(Cc2ccc(OC)cc2)S(=O)(=O)c2c(S(=O)(=O)N[C@H](C)CNC(=O)OC(C)(C)C)ccc(I)c2-c2nnn(Cc3ccc(OC)cc3)n2)cc1. The van der Waals surface area contributed by atoms with Crippen LogP contribution in [0.4, 0.5) is 4.79 Å². The molecule has 0 aliphatic heterocycles. The summed E-state index contributed by atoms with van der Waals surface area (Å²) in [6.07, 6.45) is -0.741. The predicted molar refractivity (Wildman–Crippen MR) is 225 cm³/mol. The van der Waals surface area contributed by atoms with Gasteiger partial charge < -0.3 is 24.3 Å². The number of methoxy groups -OCH3 is 3. The number of ether oxygens (including phenoxy) is 4. The van der Waals surface area contributed by atoms with E-state index in [1.54, 1.807) is 88.5 Å². The summed E-state index contributed by atoms with van der Waals surface area (Å²) in [6.45, 7) is 6.36. The molecule has 5 aromatic rings. The Morgan fingerprint density at radius 1 is 0.793 bits per heavy atom. The molecule has 2 N–H and O–H groups in total. The molecule has 1 aromatic heterocycles. The summed E-state index contributed by atoms with van der Waals surface area (Å²) >= 11 is 1.94.